The van der Waals surface area contributed by atoms with Crippen molar-refractivity contribution >= 4 is 29.1 Å². The molecular formula is C36H77NO2PS2+2. The molecule has 6 heteroatoms. The van der Waals surface area contributed by atoms with Crippen LogP contribution < -0.4 is 5.14 Å². The zero-order valence-electron chi connectivity index (χ0n) is 28.8. The fourth-order valence-electron chi connectivity index (χ4n) is 5.76. The van der Waals surface area contributed by atoms with Crippen molar-refractivity contribution in [2.24, 2.45) is 0 Å². The van der Waals surface area contributed by atoms with Gasteiger partial charge in [0.1, 0.15) is 0 Å². The third-order valence-electron chi connectivity index (χ3n) is 8.65. The fourth-order valence-corrected chi connectivity index (χ4v) is 8.04. The number of hydrogen-bond acceptors (Lipinski definition) is 4. The normalized spacial score (nSPS) is 13.1. The van der Waals surface area contributed by atoms with Gasteiger partial charge in [0.15, 0.2) is 0 Å². The summed E-state index contributed by atoms with van der Waals surface area (Å²) in [5.74, 6) is 0. The van der Waals surface area contributed by atoms with Gasteiger partial charge in [0.2, 0.25) is 18.2 Å². The maximum Gasteiger partial charge on any atom is 0.520 e. The summed E-state index contributed by atoms with van der Waals surface area (Å²) in [6.45, 7) is 6.06. The smallest absolute Gasteiger partial charge is 0.283 e. The molecule has 3 nitrogen and oxygen atoms in total. The van der Waals surface area contributed by atoms with Crippen LogP contribution in [0.3, 0.4) is 0 Å². The van der Waals surface area contributed by atoms with E-state index in [1.54, 1.807) is 0 Å². The van der Waals surface area contributed by atoms with E-state index in [2.05, 4.69) is 19.0 Å². The lowest BCUT2D eigenvalue weighted by atomic mass is 10.0. The molecule has 0 aromatic carbocycles. The van der Waals surface area contributed by atoms with Gasteiger partial charge in [-0.15, -0.1) is 0 Å². The average Bonchev–Trinajstić information content (AvgIpc) is 3.00. The Balaban J connectivity index is 3.38. The van der Waals surface area contributed by atoms with Crippen molar-refractivity contribution in [1.29, 1.82) is 0 Å². The summed E-state index contributed by atoms with van der Waals surface area (Å²) in [6, 6.07) is 0. The molecule has 253 valence electrons. The van der Waals surface area contributed by atoms with Crippen LogP contribution in [0.2, 0.25) is 0 Å². The second-order valence-corrected chi connectivity index (χ2v) is 18.9. The third kappa shape index (κ3) is 33.8. The Kier molecular flexibility index (Phi) is 37.1. The molecule has 0 aromatic rings. The maximum absolute atomic E-state index is 6.03. The van der Waals surface area contributed by atoms with E-state index in [-0.39, 0.29) is 0 Å². The van der Waals surface area contributed by atoms with E-state index in [1.165, 1.54) is 204 Å². The minimum absolute atomic E-state index is 0.733. The molecule has 0 aliphatic carbocycles. The SMILES string of the molecule is CCCCCCCCCCCCCCCCCCOP(=S)([O+]CCCCCCCCCCCCCCCCCC)S[NH3+]. The molecule has 0 aromatic heterocycles. The first-order valence-corrected chi connectivity index (χ1v) is 23.2. The third-order valence-corrected chi connectivity index (χ3v) is 13.1. The van der Waals surface area contributed by atoms with Crippen LogP contribution in [0.5, 0.6) is 0 Å². The molecule has 3 N–H and O–H groups in total. The van der Waals surface area contributed by atoms with E-state index in [0.29, 0.717) is 0 Å². The zero-order valence-corrected chi connectivity index (χ0v) is 31.4. The van der Waals surface area contributed by atoms with Crippen LogP contribution in [-0.4, -0.2) is 13.2 Å². The Morgan fingerprint density at radius 3 is 1.00 bits per heavy atom. The molecular weight excluding hydrogens is 574 g/mol. The van der Waals surface area contributed by atoms with Gasteiger partial charge in [-0.1, -0.05) is 205 Å². The molecule has 0 amide bonds. The first kappa shape index (κ1) is 42.9. The molecule has 0 aliphatic heterocycles. The number of rotatable bonds is 37. The van der Waals surface area contributed by atoms with Crippen molar-refractivity contribution in [3.05, 3.63) is 0 Å². The molecule has 0 atom stereocenters. The highest BCUT2D eigenvalue weighted by Gasteiger charge is 2.36. The number of hydrogen-bond donors (Lipinski definition) is 1. The van der Waals surface area contributed by atoms with E-state index in [4.69, 9.17) is 20.9 Å². The molecule has 0 fully saturated rings. The summed E-state index contributed by atoms with van der Waals surface area (Å²) in [5, 5.41) is 3.96. The van der Waals surface area contributed by atoms with Crippen LogP contribution >= 0.6 is 17.3 Å². The molecule has 0 unspecified atom stereocenters. The molecule has 0 bridgehead atoms. The highest BCUT2D eigenvalue weighted by molar-refractivity contribution is 8.65. The standard InChI is InChI=1S/C36H76NO2PS2/c1-3-5-7-9-11-13-15-17-19-21-23-25-27-29-31-33-35-38-40(41,42-37)39-36-34-32-30-28-26-24-22-20-18-16-14-12-10-8-6-4-2/h3-37H2,1-2H3/q+1/p+1. The number of unbranched alkanes of at least 4 members (excludes halogenated alkanes) is 30. The van der Waals surface area contributed by atoms with Gasteiger partial charge in [0.05, 0.1) is 6.61 Å². The lowest BCUT2D eigenvalue weighted by Crippen LogP contribution is -2.36. The Morgan fingerprint density at radius 2 is 0.714 bits per heavy atom. The summed E-state index contributed by atoms with van der Waals surface area (Å²) in [4.78, 5) is 0. The van der Waals surface area contributed by atoms with Crippen molar-refractivity contribution in [2.45, 2.75) is 219 Å². The van der Waals surface area contributed by atoms with Crippen LogP contribution in [0.4, 0.5) is 0 Å². The van der Waals surface area contributed by atoms with Crippen molar-refractivity contribution < 1.29 is 14.2 Å². The predicted molar refractivity (Wildman–Crippen MR) is 196 cm³/mol. The highest BCUT2D eigenvalue weighted by atomic mass is 32.9. The predicted octanol–water partition coefficient (Wildman–Crippen LogP) is 13.7. The van der Waals surface area contributed by atoms with Crippen LogP contribution in [0.15, 0.2) is 0 Å². The van der Waals surface area contributed by atoms with Gasteiger partial charge < -0.3 is 0 Å². The van der Waals surface area contributed by atoms with Gasteiger partial charge in [-0.05, 0) is 12.8 Å². The van der Waals surface area contributed by atoms with Gasteiger partial charge in [-0.25, -0.2) is 0 Å². The summed E-state index contributed by atoms with van der Waals surface area (Å²) in [6.07, 6.45) is 44.4. The first-order valence-electron chi connectivity index (χ1n) is 19.0. The van der Waals surface area contributed by atoms with Crippen molar-refractivity contribution in [2.75, 3.05) is 13.2 Å². The van der Waals surface area contributed by atoms with E-state index >= 15 is 0 Å². The van der Waals surface area contributed by atoms with Crippen molar-refractivity contribution in [3.63, 3.8) is 0 Å². The molecule has 0 spiro atoms. The van der Waals surface area contributed by atoms with Crippen LogP contribution in [0.25, 0.3) is 0 Å². The Bertz CT molecular complexity index is 510. The van der Waals surface area contributed by atoms with Crippen LogP contribution in [0, 0.1) is 0 Å². The van der Waals surface area contributed by atoms with E-state index < -0.39 is 5.69 Å². The van der Waals surface area contributed by atoms with Gasteiger partial charge in [-0.3, -0.25) is 9.66 Å². The van der Waals surface area contributed by atoms with Gasteiger partial charge in [0.25, 0.3) is 0 Å². The lowest BCUT2D eigenvalue weighted by Gasteiger charge is -2.07. The molecule has 0 aliphatic rings. The minimum atomic E-state index is -2.24. The monoisotopic (exact) mass is 651 g/mol. The summed E-state index contributed by atoms with van der Waals surface area (Å²) in [7, 11) is 0. The zero-order chi connectivity index (χ0) is 30.7. The summed E-state index contributed by atoms with van der Waals surface area (Å²) >= 11 is 7.07. The maximum atomic E-state index is 6.03. The molecule has 0 saturated carbocycles. The largest absolute Gasteiger partial charge is 0.520 e. The average molecular weight is 651 g/mol. The van der Waals surface area contributed by atoms with E-state index in [1.807, 2.05) is 0 Å². The Morgan fingerprint density at radius 1 is 0.452 bits per heavy atom. The second-order valence-electron chi connectivity index (χ2n) is 12.8. The minimum Gasteiger partial charge on any atom is -0.283 e. The van der Waals surface area contributed by atoms with E-state index in [9.17, 15) is 0 Å². The Labute approximate surface area is 274 Å². The summed E-state index contributed by atoms with van der Waals surface area (Å²) < 4.78 is 12.1. The molecule has 0 heterocycles. The van der Waals surface area contributed by atoms with Gasteiger partial charge in [-0.2, -0.15) is 0 Å². The molecule has 1 radical (unpaired) electrons. The van der Waals surface area contributed by atoms with Crippen molar-refractivity contribution in [1.82, 2.24) is 0 Å². The summed E-state index contributed by atoms with van der Waals surface area (Å²) in [5.41, 5.74) is -2.24. The van der Waals surface area contributed by atoms with Crippen molar-refractivity contribution in [3.8, 4) is 0 Å². The lowest BCUT2D eigenvalue weighted by molar-refractivity contribution is -0.133. The van der Waals surface area contributed by atoms with Crippen LogP contribution in [0.1, 0.15) is 219 Å². The van der Waals surface area contributed by atoms with Gasteiger partial charge in [0, 0.05) is 18.2 Å². The second kappa shape index (κ2) is 36.3. The van der Waals surface area contributed by atoms with Gasteiger partial charge >= 0.3 is 5.69 Å². The van der Waals surface area contributed by atoms with Crippen LogP contribution in [-0.2, 0) is 20.9 Å². The first-order chi connectivity index (χ1) is 20.7. The number of quaternary nitrogens is 1. The fraction of sp³-hybridized carbons (Fsp3) is 1.00. The molecule has 42 heavy (non-hydrogen) atoms. The highest BCUT2D eigenvalue weighted by Crippen LogP contribution is 2.57. The molecule has 0 saturated heterocycles. The molecule has 0 rings (SSSR count). The van der Waals surface area contributed by atoms with E-state index in [0.717, 1.165) is 26.1 Å². The quantitative estimate of drug-likeness (QED) is 0.0314. The topological polar surface area (TPSA) is 48.2 Å². The Hall–Kier alpha value is 0.880.